The zero-order chi connectivity index (χ0) is 17.1. The fourth-order valence-corrected chi connectivity index (χ4v) is 4.71. The Hall–Kier alpha value is -1.68. The molecule has 3 heteroatoms. The number of rotatable bonds is 6. The number of aliphatic hydroxyl groups excluding tert-OH is 1. The summed E-state index contributed by atoms with van der Waals surface area (Å²) in [5.41, 5.74) is 3.69. The highest BCUT2D eigenvalue weighted by atomic mass is 16.3. The summed E-state index contributed by atoms with van der Waals surface area (Å²) in [5.74, 6) is 1.61. The van der Waals surface area contributed by atoms with Gasteiger partial charge in [-0.05, 0) is 41.4 Å². The highest BCUT2D eigenvalue weighted by Gasteiger charge is 2.42. The lowest BCUT2D eigenvalue weighted by molar-refractivity contribution is 0.278. The Labute approximate surface area is 150 Å². The van der Waals surface area contributed by atoms with Crippen molar-refractivity contribution in [1.29, 1.82) is 0 Å². The Balaban J connectivity index is 1.34. The van der Waals surface area contributed by atoms with Gasteiger partial charge >= 0.3 is 0 Å². The second-order valence-electron chi connectivity index (χ2n) is 7.60. The Kier molecular flexibility index (Phi) is 5.16. The first-order chi connectivity index (χ1) is 12.3. The van der Waals surface area contributed by atoms with Gasteiger partial charge in [-0.2, -0.15) is 0 Å². The number of aliphatic hydroxyl groups is 1. The molecule has 2 N–H and O–H groups in total. The summed E-state index contributed by atoms with van der Waals surface area (Å²) in [7, 11) is 0. The maximum atomic E-state index is 9.50. The van der Waals surface area contributed by atoms with Crippen molar-refractivity contribution in [3.63, 3.8) is 0 Å². The van der Waals surface area contributed by atoms with E-state index in [-0.39, 0.29) is 6.61 Å². The number of likely N-dealkylation sites (tertiary alicyclic amines) is 1. The Morgan fingerprint density at radius 2 is 1.68 bits per heavy atom. The molecule has 132 valence electrons. The van der Waals surface area contributed by atoms with Crippen LogP contribution in [0.3, 0.4) is 0 Å². The van der Waals surface area contributed by atoms with Crippen LogP contribution in [0.2, 0.25) is 0 Å². The number of nitrogens with zero attached hydrogens (tertiary/aromatic N) is 1. The lowest BCUT2D eigenvalue weighted by Crippen LogP contribution is -2.35. The molecule has 25 heavy (non-hydrogen) atoms. The summed E-state index contributed by atoms with van der Waals surface area (Å²) in [6.07, 6.45) is 2.63. The van der Waals surface area contributed by atoms with Gasteiger partial charge in [-0.1, -0.05) is 54.6 Å². The van der Waals surface area contributed by atoms with Gasteiger partial charge in [0.05, 0.1) is 6.61 Å². The molecule has 3 nitrogen and oxygen atoms in total. The highest BCUT2D eigenvalue weighted by Crippen LogP contribution is 2.38. The third-order valence-electron chi connectivity index (χ3n) is 6.02. The molecular weight excluding hydrogens is 308 g/mol. The summed E-state index contributed by atoms with van der Waals surface area (Å²) in [6, 6.07) is 19.6. The van der Waals surface area contributed by atoms with Gasteiger partial charge in [0.1, 0.15) is 0 Å². The average molecular weight is 336 g/mol. The van der Waals surface area contributed by atoms with E-state index in [4.69, 9.17) is 0 Å². The van der Waals surface area contributed by atoms with Gasteiger partial charge in [0.15, 0.2) is 0 Å². The van der Waals surface area contributed by atoms with Crippen LogP contribution >= 0.6 is 0 Å². The monoisotopic (exact) mass is 336 g/mol. The lowest BCUT2D eigenvalue weighted by atomic mass is 9.97. The van der Waals surface area contributed by atoms with Crippen LogP contribution in [0.25, 0.3) is 0 Å². The standard InChI is InChI=1S/C22H28N2O/c25-16-20-9-5-4-8-18(20)12-23-22-11-10-19-14-24(15-21(19)22)13-17-6-2-1-3-7-17/h1-9,19,21-23,25H,10-16H2. The summed E-state index contributed by atoms with van der Waals surface area (Å²) < 4.78 is 0. The molecule has 3 atom stereocenters. The lowest BCUT2D eigenvalue weighted by Gasteiger charge is -2.22. The molecule has 0 spiro atoms. The van der Waals surface area contributed by atoms with E-state index in [0.717, 1.165) is 30.5 Å². The summed E-state index contributed by atoms with van der Waals surface area (Å²) in [4.78, 5) is 2.63. The van der Waals surface area contributed by atoms with Crippen LogP contribution in [0.15, 0.2) is 54.6 Å². The molecular formula is C22H28N2O. The van der Waals surface area contributed by atoms with Crippen LogP contribution < -0.4 is 5.32 Å². The van der Waals surface area contributed by atoms with E-state index in [1.165, 1.54) is 37.1 Å². The average Bonchev–Trinajstić information content (AvgIpc) is 3.21. The molecule has 2 aromatic carbocycles. The quantitative estimate of drug-likeness (QED) is 0.850. The zero-order valence-corrected chi connectivity index (χ0v) is 14.8. The number of hydrogen-bond acceptors (Lipinski definition) is 3. The number of fused-ring (bicyclic) bond motifs is 1. The van der Waals surface area contributed by atoms with Crippen LogP contribution in [0.5, 0.6) is 0 Å². The van der Waals surface area contributed by atoms with Crippen LogP contribution in [-0.2, 0) is 19.7 Å². The zero-order valence-electron chi connectivity index (χ0n) is 14.8. The van der Waals surface area contributed by atoms with Crippen LogP contribution in [0.4, 0.5) is 0 Å². The first kappa shape index (κ1) is 16.8. The minimum atomic E-state index is 0.124. The minimum absolute atomic E-state index is 0.124. The molecule has 1 aliphatic heterocycles. The van der Waals surface area contributed by atoms with Crippen molar-refractivity contribution in [2.75, 3.05) is 13.1 Å². The van der Waals surface area contributed by atoms with Crippen molar-refractivity contribution in [1.82, 2.24) is 10.2 Å². The predicted molar refractivity (Wildman–Crippen MR) is 101 cm³/mol. The highest BCUT2D eigenvalue weighted by molar-refractivity contribution is 5.26. The number of benzene rings is 2. The maximum Gasteiger partial charge on any atom is 0.0685 e. The van der Waals surface area contributed by atoms with Gasteiger partial charge in [-0.15, -0.1) is 0 Å². The Bertz CT molecular complexity index is 687. The van der Waals surface area contributed by atoms with Crippen LogP contribution in [0.1, 0.15) is 29.5 Å². The van der Waals surface area contributed by atoms with E-state index >= 15 is 0 Å². The molecule has 1 saturated carbocycles. The molecule has 4 rings (SSSR count). The van der Waals surface area contributed by atoms with Crippen LogP contribution in [-0.4, -0.2) is 29.1 Å². The van der Waals surface area contributed by atoms with E-state index in [1.807, 2.05) is 12.1 Å². The van der Waals surface area contributed by atoms with Crippen LogP contribution in [0, 0.1) is 11.8 Å². The van der Waals surface area contributed by atoms with Crippen molar-refractivity contribution in [2.24, 2.45) is 11.8 Å². The molecule has 1 aliphatic carbocycles. The third-order valence-corrected chi connectivity index (χ3v) is 6.02. The maximum absolute atomic E-state index is 9.50. The summed E-state index contributed by atoms with van der Waals surface area (Å²) in [5, 5.41) is 13.3. The minimum Gasteiger partial charge on any atom is -0.392 e. The largest absolute Gasteiger partial charge is 0.392 e. The van der Waals surface area contributed by atoms with Gasteiger partial charge in [-0.3, -0.25) is 4.90 Å². The van der Waals surface area contributed by atoms with Gasteiger partial charge in [0, 0.05) is 32.2 Å². The Morgan fingerprint density at radius 3 is 2.48 bits per heavy atom. The molecule has 0 bridgehead atoms. The van der Waals surface area contributed by atoms with E-state index in [9.17, 15) is 5.11 Å². The normalized spacial score (nSPS) is 26.0. The summed E-state index contributed by atoms with van der Waals surface area (Å²) in [6.45, 7) is 4.51. The van der Waals surface area contributed by atoms with Crippen molar-refractivity contribution in [3.05, 3.63) is 71.3 Å². The van der Waals surface area contributed by atoms with E-state index in [1.54, 1.807) is 0 Å². The van der Waals surface area contributed by atoms with Gasteiger partial charge in [0.25, 0.3) is 0 Å². The predicted octanol–water partition coefficient (Wildman–Crippen LogP) is 3.18. The molecule has 2 aliphatic rings. The molecule has 2 aromatic rings. The van der Waals surface area contributed by atoms with E-state index < -0.39 is 0 Å². The second-order valence-corrected chi connectivity index (χ2v) is 7.60. The first-order valence-corrected chi connectivity index (χ1v) is 9.51. The molecule has 0 aromatic heterocycles. The van der Waals surface area contributed by atoms with Gasteiger partial charge in [-0.25, -0.2) is 0 Å². The SMILES string of the molecule is OCc1ccccc1CNC1CCC2CN(Cc3ccccc3)CC21. The molecule has 1 saturated heterocycles. The second kappa shape index (κ2) is 7.69. The molecule has 2 fully saturated rings. The van der Waals surface area contributed by atoms with Crippen molar-refractivity contribution in [3.8, 4) is 0 Å². The first-order valence-electron chi connectivity index (χ1n) is 9.51. The van der Waals surface area contributed by atoms with Gasteiger partial charge < -0.3 is 10.4 Å². The van der Waals surface area contributed by atoms with E-state index in [2.05, 4.69) is 52.7 Å². The molecule has 0 amide bonds. The molecule has 3 unspecified atom stereocenters. The van der Waals surface area contributed by atoms with E-state index in [0.29, 0.717) is 6.04 Å². The fraction of sp³-hybridized carbons (Fsp3) is 0.455. The van der Waals surface area contributed by atoms with Crippen molar-refractivity contribution in [2.45, 2.75) is 38.6 Å². The smallest absolute Gasteiger partial charge is 0.0685 e. The fourth-order valence-electron chi connectivity index (χ4n) is 4.71. The number of hydrogen-bond donors (Lipinski definition) is 2. The van der Waals surface area contributed by atoms with Gasteiger partial charge in [0.2, 0.25) is 0 Å². The topological polar surface area (TPSA) is 35.5 Å². The van der Waals surface area contributed by atoms with Crippen molar-refractivity contribution >= 4 is 0 Å². The van der Waals surface area contributed by atoms with Crippen molar-refractivity contribution < 1.29 is 5.11 Å². The number of nitrogens with one attached hydrogen (secondary N) is 1. The third kappa shape index (κ3) is 3.79. The Morgan fingerprint density at radius 1 is 0.920 bits per heavy atom. The summed E-state index contributed by atoms with van der Waals surface area (Å²) >= 11 is 0. The molecule has 0 radical (unpaired) electrons. The molecule has 1 heterocycles.